The van der Waals surface area contributed by atoms with Gasteiger partial charge in [-0.15, -0.1) is 0 Å². The van der Waals surface area contributed by atoms with Gasteiger partial charge in [-0.05, 0) is 24.1 Å². The number of carboxylic acids is 1. The van der Waals surface area contributed by atoms with E-state index < -0.39 is 18.0 Å². The highest BCUT2D eigenvalue weighted by atomic mass is 16.4. The predicted octanol–water partition coefficient (Wildman–Crippen LogP) is 0.570. The molecule has 0 aliphatic heterocycles. The molecule has 1 rings (SSSR count). The summed E-state index contributed by atoms with van der Waals surface area (Å²) in [5.41, 5.74) is 1.94. The van der Waals surface area contributed by atoms with Crippen molar-refractivity contribution in [3.8, 4) is 0 Å². The summed E-state index contributed by atoms with van der Waals surface area (Å²) < 4.78 is 0. The van der Waals surface area contributed by atoms with Crippen molar-refractivity contribution in [2.75, 3.05) is 6.54 Å². The molecule has 0 fully saturated rings. The van der Waals surface area contributed by atoms with Crippen molar-refractivity contribution in [1.29, 1.82) is 0 Å². The van der Waals surface area contributed by atoms with E-state index in [1.807, 2.05) is 31.2 Å². The number of amides is 1. The summed E-state index contributed by atoms with van der Waals surface area (Å²) in [7, 11) is 0. The first-order valence-electron chi connectivity index (χ1n) is 5.43. The van der Waals surface area contributed by atoms with Gasteiger partial charge in [-0.2, -0.15) is 0 Å². The maximum Gasteiger partial charge on any atom is 0.334 e. The minimum Gasteiger partial charge on any atom is -0.479 e. The van der Waals surface area contributed by atoms with E-state index in [4.69, 9.17) is 10.2 Å². The fourth-order valence-corrected chi connectivity index (χ4v) is 1.28. The Morgan fingerprint density at radius 3 is 2.67 bits per heavy atom. The minimum absolute atomic E-state index is 0.313. The van der Waals surface area contributed by atoms with Crippen molar-refractivity contribution >= 4 is 18.0 Å². The van der Waals surface area contributed by atoms with Gasteiger partial charge < -0.3 is 15.5 Å². The average molecular weight is 249 g/mol. The molecule has 1 aromatic rings. The molecule has 0 aromatic heterocycles. The molecule has 0 bridgehead atoms. The molecule has 0 heterocycles. The van der Waals surface area contributed by atoms with Crippen molar-refractivity contribution < 1.29 is 19.8 Å². The molecule has 0 radical (unpaired) electrons. The second-order valence-corrected chi connectivity index (χ2v) is 3.79. The lowest BCUT2D eigenvalue weighted by Crippen LogP contribution is -2.35. The number of carboxylic acid groups (broad SMARTS) is 1. The Labute approximate surface area is 105 Å². The number of nitrogens with one attached hydrogen (secondary N) is 1. The van der Waals surface area contributed by atoms with Crippen LogP contribution >= 0.6 is 0 Å². The summed E-state index contributed by atoms with van der Waals surface area (Å²) in [4.78, 5) is 21.7. The molecule has 1 atom stereocenters. The highest BCUT2D eigenvalue weighted by molar-refractivity contribution is 5.92. The lowest BCUT2D eigenvalue weighted by Gasteiger charge is -2.05. The molecule has 1 amide bonds. The summed E-state index contributed by atoms with van der Waals surface area (Å²) in [5.74, 6) is -1.81. The molecule has 1 unspecified atom stereocenters. The summed E-state index contributed by atoms with van der Waals surface area (Å²) >= 11 is 0. The molecule has 1 aromatic carbocycles. The summed E-state index contributed by atoms with van der Waals surface area (Å²) in [5, 5.41) is 19.7. The van der Waals surface area contributed by atoms with Crippen molar-refractivity contribution in [3.63, 3.8) is 0 Å². The van der Waals surface area contributed by atoms with Crippen LogP contribution in [0.25, 0.3) is 6.08 Å². The Hall–Kier alpha value is -2.14. The van der Waals surface area contributed by atoms with E-state index in [0.29, 0.717) is 0 Å². The van der Waals surface area contributed by atoms with Gasteiger partial charge in [-0.3, -0.25) is 4.79 Å². The van der Waals surface area contributed by atoms with Crippen molar-refractivity contribution in [3.05, 3.63) is 41.5 Å². The molecule has 0 saturated heterocycles. The number of hydrogen-bond acceptors (Lipinski definition) is 3. The zero-order chi connectivity index (χ0) is 13.5. The molecule has 0 aliphatic carbocycles. The van der Waals surface area contributed by atoms with Gasteiger partial charge in [0.15, 0.2) is 6.10 Å². The molecular formula is C13H15NO4. The molecular weight excluding hydrogens is 234 g/mol. The van der Waals surface area contributed by atoms with Gasteiger partial charge >= 0.3 is 5.97 Å². The summed E-state index contributed by atoms with van der Waals surface area (Å²) in [6.45, 7) is 1.61. The van der Waals surface area contributed by atoms with Crippen LogP contribution in [0.1, 0.15) is 11.1 Å². The molecule has 96 valence electrons. The molecule has 0 saturated carbocycles. The fourth-order valence-electron chi connectivity index (χ4n) is 1.28. The van der Waals surface area contributed by atoms with Gasteiger partial charge in [0.25, 0.3) is 0 Å². The SMILES string of the molecule is Cc1ccccc1C=CC(=O)NCC(O)C(=O)O. The Bertz CT molecular complexity index is 468. The third kappa shape index (κ3) is 4.39. The number of aryl methyl sites for hydroxylation is 1. The molecule has 0 aliphatic rings. The third-order valence-electron chi connectivity index (χ3n) is 2.36. The van der Waals surface area contributed by atoms with Crippen LogP contribution in [0.5, 0.6) is 0 Å². The monoisotopic (exact) mass is 249 g/mol. The van der Waals surface area contributed by atoms with Crippen molar-refractivity contribution in [2.24, 2.45) is 0 Å². The van der Waals surface area contributed by atoms with Crippen LogP contribution in [0.15, 0.2) is 30.3 Å². The average Bonchev–Trinajstić information content (AvgIpc) is 2.34. The van der Waals surface area contributed by atoms with Crippen LogP contribution in [0.4, 0.5) is 0 Å². The maximum atomic E-state index is 11.4. The molecule has 5 nitrogen and oxygen atoms in total. The highest BCUT2D eigenvalue weighted by Crippen LogP contribution is 2.08. The third-order valence-corrected chi connectivity index (χ3v) is 2.36. The van der Waals surface area contributed by atoms with Crippen LogP contribution < -0.4 is 5.32 Å². The van der Waals surface area contributed by atoms with Crippen LogP contribution in [-0.4, -0.2) is 34.7 Å². The summed E-state index contributed by atoms with van der Waals surface area (Å²) in [6.07, 6.45) is 1.36. The molecule has 0 spiro atoms. The van der Waals surface area contributed by atoms with Gasteiger partial charge in [-0.25, -0.2) is 4.79 Å². The van der Waals surface area contributed by atoms with E-state index in [-0.39, 0.29) is 6.54 Å². The van der Waals surface area contributed by atoms with Crippen LogP contribution in [0.3, 0.4) is 0 Å². The smallest absolute Gasteiger partial charge is 0.334 e. The first-order valence-corrected chi connectivity index (χ1v) is 5.43. The number of carbonyl (C=O) groups is 2. The number of aliphatic hydroxyl groups is 1. The largest absolute Gasteiger partial charge is 0.479 e. The highest BCUT2D eigenvalue weighted by Gasteiger charge is 2.12. The van der Waals surface area contributed by atoms with Crippen LogP contribution in [-0.2, 0) is 9.59 Å². The standard InChI is InChI=1S/C13H15NO4/c1-9-4-2-3-5-10(9)6-7-12(16)14-8-11(15)13(17)18/h2-7,11,15H,8H2,1H3,(H,14,16)(H,17,18). The van der Waals surface area contributed by atoms with Gasteiger partial charge in [0.1, 0.15) is 0 Å². The lowest BCUT2D eigenvalue weighted by molar-refractivity contribution is -0.146. The Balaban J connectivity index is 2.50. The number of rotatable bonds is 5. The van der Waals surface area contributed by atoms with E-state index in [1.165, 1.54) is 6.08 Å². The topological polar surface area (TPSA) is 86.6 Å². The van der Waals surface area contributed by atoms with Gasteiger partial charge in [0, 0.05) is 6.08 Å². The number of carbonyl (C=O) groups excluding carboxylic acids is 1. The van der Waals surface area contributed by atoms with Gasteiger partial charge in [0.05, 0.1) is 6.54 Å². The zero-order valence-electron chi connectivity index (χ0n) is 9.96. The van der Waals surface area contributed by atoms with Crippen molar-refractivity contribution in [2.45, 2.75) is 13.0 Å². The second-order valence-electron chi connectivity index (χ2n) is 3.79. The first-order chi connectivity index (χ1) is 8.50. The zero-order valence-corrected chi connectivity index (χ0v) is 9.96. The van der Waals surface area contributed by atoms with Crippen LogP contribution in [0.2, 0.25) is 0 Å². The summed E-state index contributed by atoms with van der Waals surface area (Å²) in [6, 6.07) is 7.55. The molecule has 5 heteroatoms. The number of benzene rings is 1. The number of aliphatic hydroxyl groups excluding tert-OH is 1. The van der Waals surface area contributed by atoms with E-state index in [0.717, 1.165) is 11.1 Å². The minimum atomic E-state index is -1.58. The Morgan fingerprint density at radius 2 is 2.06 bits per heavy atom. The Morgan fingerprint density at radius 1 is 1.39 bits per heavy atom. The van der Waals surface area contributed by atoms with Gasteiger partial charge in [-0.1, -0.05) is 24.3 Å². The number of aliphatic carboxylic acids is 1. The number of hydrogen-bond donors (Lipinski definition) is 3. The normalized spacial score (nSPS) is 12.3. The Kier molecular flexibility index (Phi) is 5.07. The fraction of sp³-hybridized carbons (Fsp3) is 0.231. The predicted molar refractivity (Wildman–Crippen MR) is 66.9 cm³/mol. The van der Waals surface area contributed by atoms with Gasteiger partial charge in [0.2, 0.25) is 5.91 Å². The maximum absolute atomic E-state index is 11.4. The van der Waals surface area contributed by atoms with E-state index in [1.54, 1.807) is 6.08 Å². The van der Waals surface area contributed by atoms with E-state index in [2.05, 4.69) is 5.32 Å². The van der Waals surface area contributed by atoms with E-state index >= 15 is 0 Å². The first kappa shape index (κ1) is 13.9. The van der Waals surface area contributed by atoms with Crippen molar-refractivity contribution in [1.82, 2.24) is 5.32 Å². The molecule has 3 N–H and O–H groups in total. The van der Waals surface area contributed by atoms with Crippen LogP contribution in [0, 0.1) is 6.92 Å². The van der Waals surface area contributed by atoms with E-state index in [9.17, 15) is 9.59 Å². The molecule has 18 heavy (non-hydrogen) atoms. The lowest BCUT2D eigenvalue weighted by atomic mass is 10.1. The second kappa shape index (κ2) is 6.56. The quantitative estimate of drug-likeness (QED) is 0.666.